The smallest absolute Gasteiger partial charge is 0.249 e. The first-order valence-electron chi connectivity index (χ1n) is 6.13. The van der Waals surface area contributed by atoms with Crippen LogP contribution in [0, 0.1) is 5.41 Å². The molecule has 4 nitrogen and oxygen atoms in total. The summed E-state index contributed by atoms with van der Waals surface area (Å²) in [5, 5.41) is 14.2. The van der Waals surface area contributed by atoms with E-state index in [-0.39, 0.29) is 17.9 Å². The number of nitrogens with one attached hydrogen (secondary N) is 1. The van der Waals surface area contributed by atoms with Crippen LogP contribution in [0.1, 0.15) is 41.9 Å². The highest BCUT2D eigenvalue weighted by Crippen LogP contribution is 2.20. The average Bonchev–Trinajstić information content (AvgIpc) is 2.77. The van der Waals surface area contributed by atoms with E-state index in [2.05, 4.69) is 19.2 Å². The lowest BCUT2D eigenvalue weighted by Gasteiger charge is -2.21. The molecule has 0 aliphatic carbocycles. The third kappa shape index (κ3) is 5.16. The predicted octanol–water partition coefficient (Wildman–Crippen LogP) is 1.74. The van der Waals surface area contributed by atoms with Crippen molar-refractivity contribution in [3.63, 3.8) is 0 Å². The van der Waals surface area contributed by atoms with Crippen LogP contribution in [0.2, 0.25) is 0 Å². The summed E-state index contributed by atoms with van der Waals surface area (Å²) < 4.78 is 0. The molecule has 1 aromatic heterocycles. The monoisotopic (exact) mass is 270 g/mol. The van der Waals surface area contributed by atoms with Gasteiger partial charge < -0.3 is 16.2 Å². The van der Waals surface area contributed by atoms with Gasteiger partial charge in [-0.2, -0.15) is 0 Å². The van der Waals surface area contributed by atoms with Gasteiger partial charge in [-0.05, 0) is 30.9 Å². The molecular formula is C13H22N2O2S. The molecule has 4 N–H and O–H groups in total. The number of carbonyl (C=O) groups is 1. The van der Waals surface area contributed by atoms with Gasteiger partial charge in [0.05, 0.1) is 5.56 Å². The van der Waals surface area contributed by atoms with Crippen molar-refractivity contribution in [1.29, 1.82) is 0 Å². The summed E-state index contributed by atoms with van der Waals surface area (Å²) in [7, 11) is 0. The Bertz CT molecular complexity index is 388. The molecule has 0 atom stereocenters. The summed E-state index contributed by atoms with van der Waals surface area (Å²) in [6, 6.07) is 1.83. The summed E-state index contributed by atoms with van der Waals surface area (Å²) in [6.45, 7) is 6.02. The first kappa shape index (κ1) is 15.1. The molecule has 1 aromatic rings. The Morgan fingerprint density at radius 3 is 2.83 bits per heavy atom. The quantitative estimate of drug-likeness (QED) is 0.630. The van der Waals surface area contributed by atoms with E-state index in [1.165, 1.54) is 0 Å². The summed E-state index contributed by atoms with van der Waals surface area (Å²) in [4.78, 5) is 12.0. The average molecular weight is 270 g/mol. The van der Waals surface area contributed by atoms with Gasteiger partial charge in [0.1, 0.15) is 0 Å². The van der Waals surface area contributed by atoms with E-state index in [9.17, 15) is 4.79 Å². The number of nitrogens with two attached hydrogens (primary N) is 1. The Morgan fingerprint density at radius 2 is 2.28 bits per heavy atom. The molecule has 0 aliphatic rings. The van der Waals surface area contributed by atoms with E-state index in [0.29, 0.717) is 5.56 Å². The van der Waals surface area contributed by atoms with Crippen LogP contribution in [0.5, 0.6) is 0 Å². The van der Waals surface area contributed by atoms with Crippen molar-refractivity contribution in [2.75, 3.05) is 13.2 Å². The van der Waals surface area contributed by atoms with E-state index >= 15 is 0 Å². The second-order valence-electron chi connectivity index (χ2n) is 5.27. The molecule has 0 aliphatic heterocycles. The first-order valence-corrected chi connectivity index (χ1v) is 7.01. The van der Waals surface area contributed by atoms with E-state index in [1.54, 1.807) is 16.7 Å². The molecule has 102 valence electrons. The lowest BCUT2D eigenvalue weighted by molar-refractivity contribution is 0.100. The first-order chi connectivity index (χ1) is 8.44. The highest BCUT2D eigenvalue weighted by molar-refractivity contribution is 7.10. The fourth-order valence-corrected chi connectivity index (χ4v) is 2.43. The van der Waals surface area contributed by atoms with Gasteiger partial charge in [-0.25, -0.2) is 0 Å². The maximum Gasteiger partial charge on any atom is 0.249 e. The molecule has 5 heteroatoms. The summed E-state index contributed by atoms with van der Waals surface area (Å²) in [5.74, 6) is -0.373. The molecule has 0 unspecified atom stereocenters. The number of amides is 1. The van der Waals surface area contributed by atoms with Gasteiger partial charge in [-0.1, -0.05) is 13.8 Å². The molecule has 0 spiro atoms. The molecule has 0 saturated carbocycles. The van der Waals surface area contributed by atoms with Crippen LogP contribution in [-0.2, 0) is 6.54 Å². The molecule has 0 bridgehead atoms. The van der Waals surface area contributed by atoms with Crippen LogP contribution in [-0.4, -0.2) is 24.2 Å². The SMILES string of the molecule is CC(C)(CO)CCCNCc1cc(C(N)=O)cs1. The lowest BCUT2D eigenvalue weighted by Crippen LogP contribution is -2.20. The Hall–Kier alpha value is -0.910. The van der Waals surface area contributed by atoms with Gasteiger partial charge in [0.15, 0.2) is 0 Å². The van der Waals surface area contributed by atoms with Crippen LogP contribution >= 0.6 is 11.3 Å². The van der Waals surface area contributed by atoms with Crippen molar-refractivity contribution in [1.82, 2.24) is 5.32 Å². The standard InChI is InChI=1S/C13H22N2O2S/c1-13(2,9-16)4-3-5-15-7-11-6-10(8-18-11)12(14)17/h6,8,15-16H,3-5,7,9H2,1-2H3,(H2,14,17). The highest BCUT2D eigenvalue weighted by atomic mass is 32.1. The maximum absolute atomic E-state index is 10.9. The second kappa shape index (κ2) is 6.87. The van der Waals surface area contributed by atoms with E-state index in [1.807, 2.05) is 6.07 Å². The minimum Gasteiger partial charge on any atom is -0.396 e. The number of hydrogen-bond donors (Lipinski definition) is 3. The fraction of sp³-hybridized carbons (Fsp3) is 0.615. The lowest BCUT2D eigenvalue weighted by atomic mass is 9.89. The van der Waals surface area contributed by atoms with Gasteiger partial charge in [-0.3, -0.25) is 4.79 Å². The van der Waals surface area contributed by atoms with Crippen molar-refractivity contribution in [3.8, 4) is 0 Å². The van der Waals surface area contributed by atoms with Crippen molar-refractivity contribution in [2.24, 2.45) is 11.1 Å². The fourth-order valence-electron chi connectivity index (χ4n) is 1.59. The van der Waals surface area contributed by atoms with E-state index < -0.39 is 0 Å². The topological polar surface area (TPSA) is 75.3 Å². The van der Waals surface area contributed by atoms with Crippen LogP contribution in [0.4, 0.5) is 0 Å². The molecule has 0 radical (unpaired) electrons. The number of rotatable bonds is 8. The van der Waals surface area contributed by atoms with Crippen molar-refractivity contribution in [2.45, 2.75) is 33.2 Å². The van der Waals surface area contributed by atoms with Crippen LogP contribution in [0.3, 0.4) is 0 Å². The summed E-state index contributed by atoms with van der Waals surface area (Å²) in [5.41, 5.74) is 5.78. The number of aliphatic hydroxyl groups is 1. The molecule has 0 fully saturated rings. The van der Waals surface area contributed by atoms with Gasteiger partial charge in [0.2, 0.25) is 5.91 Å². The van der Waals surface area contributed by atoms with Crippen LogP contribution in [0.15, 0.2) is 11.4 Å². The Morgan fingerprint density at radius 1 is 1.56 bits per heavy atom. The molecule has 1 amide bonds. The van der Waals surface area contributed by atoms with Gasteiger partial charge >= 0.3 is 0 Å². The minimum absolute atomic E-state index is 0.00372. The molecule has 1 rings (SSSR count). The number of thiophene rings is 1. The predicted molar refractivity (Wildman–Crippen MR) is 74.6 cm³/mol. The molecule has 1 heterocycles. The van der Waals surface area contributed by atoms with Crippen LogP contribution in [0.25, 0.3) is 0 Å². The maximum atomic E-state index is 10.9. The van der Waals surface area contributed by atoms with Crippen LogP contribution < -0.4 is 11.1 Å². The van der Waals surface area contributed by atoms with Crippen molar-refractivity contribution < 1.29 is 9.90 Å². The molecule has 0 saturated heterocycles. The molecular weight excluding hydrogens is 248 g/mol. The van der Waals surface area contributed by atoms with Crippen molar-refractivity contribution >= 4 is 17.2 Å². The summed E-state index contributed by atoms with van der Waals surface area (Å²) in [6.07, 6.45) is 2.02. The number of hydrogen-bond acceptors (Lipinski definition) is 4. The second-order valence-corrected chi connectivity index (χ2v) is 6.26. The highest BCUT2D eigenvalue weighted by Gasteiger charge is 2.15. The molecule has 0 aromatic carbocycles. The number of primary amides is 1. The molecule has 18 heavy (non-hydrogen) atoms. The zero-order valence-electron chi connectivity index (χ0n) is 11.0. The number of carbonyl (C=O) groups excluding carboxylic acids is 1. The third-order valence-electron chi connectivity index (χ3n) is 2.87. The van der Waals surface area contributed by atoms with E-state index in [0.717, 1.165) is 30.8 Å². The largest absolute Gasteiger partial charge is 0.396 e. The van der Waals surface area contributed by atoms with E-state index in [4.69, 9.17) is 10.8 Å². The summed E-state index contributed by atoms with van der Waals surface area (Å²) >= 11 is 1.54. The zero-order valence-corrected chi connectivity index (χ0v) is 11.8. The third-order valence-corrected chi connectivity index (χ3v) is 3.81. The zero-order chi connectivity index (χ0) is 13.6. The van der Waals surface area contributed by atoms with Gasteiger partial charge in [0.25, 0.3) is 0 Å². The number of aliphatic hydroxyl groups excluding tert-OH is 1. The van der Waals surface area contributed by atoms with Gasteiger partial charge in [-0.15, -0.1) is 11.3 Å². The Balaban J connectivity index is 2.20. The minimum atomic E-state index is -0.373. The van der Waals surface area contributed by atoms with Crippen molar-refractivity contribution in [3.05, 3.63) is 21.9 Å². The Labute approximate surface area is 112 Å². The Kier molecular flexibility index (Phi) is 5.78. The van der Waals surface area contributed by atoms with Gasteiger partial charge in [0, 0.05) is 23.4 Å². The normalized spacial score (nSPS) is 11.7.